The van der Waals surface area contributed by atoms with Crippen molar-refractivity contribution >= 4 is 21.7 Å². The molecular formula is C17H15BrO2. The number of ether oxygens (including phenoxy) is 1. The van der Waals surface area contributed by atoms with Crippen molar-refractivity contribution < 1.29 is 9.53 Å². The monoisotopic (exact) mass is 330 g/mol. The van der Waals surface area contributed by atoms with E-state index in [1.807, 2.05) is 49.4 Å². The summed E-state index contributed by atoms with van der Waals surface area (Å²) in [5.41, 5.74) is 2.39. The predicted molar refractivity (Wildman–Crippen MR) is 82.4 cm³/mol. The summed E-state index contributed by atoms with van der Waals surface area (Å²) in [6, 6.07) is 13.1. The zero-order valence-electron chi connectivity index (χ0n) is 11.2. The molecule has 0 bridgehead atoms. The molecule has 0 radical (unpaired) electrons. The maximum Gasteiger partial charge on any atom is 0.193 e. The molecule has 1 fully saturated rings. The van der Waals surface area contributed by atoms with E-state index in [2.05, 4.69) is 15.9 Å². The lowest BCUT2D eigenvalue weighted by Gasteiger charge is -2.08. The van der Waals surface area contributed by atoms with Crippen LogP contribution in [0.4, 0.5) is 0 Å². The van der Waals surface area contributed by atoms with Crippen molar-refractivity contribution in [3.8, 4) is 5.75 Å². The molecule has 0 unspecified atom stereocenters. The van der Waals surface area contributed by atoms with Gasteiger partial charge in [0, 0.05) is 15.6 Å². The molecule has 0 N–H and O–H groups in total. The van der Waals surface area contributed by atoms with Crippen LogP contribution in [0, 0.1) is 6.92 Å². The lowest BCUT2D eigenvalue weighted by atomic mass is 9.99. The summed E-state index contributed by atoms with van der Waals surface area (Å²) in [5, 5.41) is 0. The molecule has 0 heterocycles. The molecule has 3 heteroatoms. The van der Waals surface area contributed by atoms with Crippen molar-refractivity contribution in [1.29, 1.82) is 0 Å². The fourth-order valence-corrected chi connectivity index (χ4v) is 2.44. The molecule has 0 atom stereocenters. The van der Waals surface area contributed by atoms with Crippen molar-refractivity contribution in [3.05, 3.63) is 63.6 Å². The summed E-state index contributed by atoms with van der Waals surface area (Å²) < 4.78 is 6.65. The zero-order valence-corrected chi connectivity index (χ0v) is 12.8. The highest BCUT2D eigenvalue weighted by molar-refractivity contribution is 9.10. The lowest BCUT2D eigenvalue weighted by molar-refractivity contribution is 0.103. The van der Waals surface area contributed by atoms with Crippen LogP contribution in [-0.2, 0) is 0 Å². The summed E-state index contributed by atoms with van der Waals surface area (Å²) in [5.74, 6) is 0.886. The largest absolute Gasteiger partial charge is 0.490 e. The van der Waals surface area contributed by atoms with Gasteiger partial charge in [-0.15, -0.1) is 0 Å². The standard InChI is InChI=1S/C17H15BrO2/c1-11-15(3-2-4-16(11)18)17(19)12-5-7-13(8-6-12)20-14-9-10-14/h2-8,14H,9-10H2,1H3. The Hall–Kier alpha value is -1.61. The van der Waals surface area contributed by atoms with Crippen LogP contribution in [0.25, 0.3) is 0 Å². The van der Waals surface area contributed by atoms with Gasteiger partial charge in [0.05, 0.1) is 6.10 Å². The fourth-order valence-electron chi connectivity index (χ4n) is 2.07. The van der Waals surface area contributed by atoms with Crippen LogP contribution in [0.5, 0.6) is 5.75 Å². The van der Waals surface area contributed by atoms with E-state index >= 15 is 0 Å². The average Bonchev–Trinajstić information content (AvgIpc) is 3.26. The molecule has 0 saturated heterocycles. The van der Waals surface area contributed by atoms with Crippen molar-refractivity contribution in [2.24, 2.45) is 0 Å². The van der Waals surface area contributed by atoms with Gasteiger partial charge in [0.15, 0.2) is 5.78 Å². The van der Waals surface area contributed by atoms with Gasteiger partial charge in [-0.3, -0.25) is 4.79 Å². The molecule has 0 aromatic heterocycles. The van der Waals surface area contributed by atoms with Crippen molar-refractivity contribution in [1.82, 2.24) is 0 Å². The minimum atomic E-state index is 0.0433. The molecule has 0 aliphatic heterocycles. The number of hydrogen-bond donors (Lipinski definition) is 0. The SMILES string of the molecule is Cc1c(Br)cccc1C(=O)c1ccc(OC2CC2)cc1. The third-order valence-corrected chi connectivity index (χ3v) is 4.32. The number of carbonyl (C=O) groups is 1. The first-order valence-electron chi connectivity index (χ1n) is 6.71. The maximum absolute atomic E-state index is 12.5. The molecule has 0 amide bonds. The topological polar surface area (TPSA) is 26.3 Å². The highest BCUT2D eigenvalue weighted by Gasteiger charge is 2.23. The molecule has 102 valence electrons. The number of rotatable bonds is 4. The molecule has 2 aromatic rings. The number of hydrogen-bond acceptors (Lipinski definition) is 2. The first-order chi connectivity index (χ1) is 9.65. The minimum Gasteiger partial charge on any atom is -0.490 e. The molecule has 2 aromatic carbocycles. The maximum atomic E-state index is 12.5. The van der Waals surface area contributed by atoms with Gasteiger partial charge in [-0.25, -0.2) is 0 Å². The Kier molecular flexibility index (Phi) is 3.62. The van der Waals surface area contributed by atoms with Gasteiger partial charge in [0.1, 0.15) is 5.75 Å². The Bertz CT molecular complexity index is 643. The van der Waals surface area contributed by atoms with Gasteiger partial charge in [0.25, 0.3) is 0 Å². The van der Waals surface area contributed by atoms with Crippen molar-refractivity contribution in [2.75, 3.05) is 0 Å². The Morgan fingerprint density at radius 1 is 1.15 bits per heavy atom. The fraction of sp³-hybridized carbons (Fsp3) is 0.235. The third-order valence-electron chi connectivity index (χ3n) is 3.46. The highest BCUT2D eigenvalue weighted by Crippen LogP contribution is 2.27. The van der Waals surface area contributed by atoms with Gasteiger partial charge in [-0.1, -0.05) is 28.1 Å². The van der Waals surface area contributed by atoms with Gasteiger partial charge in [0.2, 0.25) is 0 Å². The Morgan fingerprint density at radius 2 is 1.85 bits per heavy atom. The van der Waals surface area contributed by atoms with E-state index in [0.717, 1.165) is 34.2 Å². The number of benzene rings is 2. The summed E-state index contributed by atoms with van der Waals surface area (Å²) in [7, 11) is 0. The van der Waals surface area contributed by atoms with Crippen LogP contribution in [-0.4, -0.2) is 11.9 Å². The first-order valence-corrected chi connectivity index (χ1v) is 7.51. The number of carbonyl (C=O) groups excluding carboxylic acids is 1. The number of halogens is 1. The first kappa shape index (κ1) is 13.4. The lowest BCUT2D eigenvalue weighted by Crippen LogP contribution is -2.04. The smallest absolute Gasteiger partial charge is 0.193 e. The third kappa shape index (κ3) is 2.78. The van der Waals surface area contributed by atoms with Crippen molar-refractivity contribution in [2.45, 2.75) is 25.9 Å². The van der Waals surface area contributed by atoms with E-state index < -0.39 is 0 Å². The van der Waals surface area contributed by atoms with Gasteiger partial charge < -0.3 is 4.74 Å². The molecule has 0 spiro atoms. The summed E-state index contributed by atoms with van der Waals surface area (Å²) in [4.78, 5) is 12.5. The Labute approximate surface area is 126 Å². The van der Waals surface area contributed by atoms with Crippen LogP contribution >= 0.6 is 15.9 Å². The molecule has 2 nitrogen and oxygen atoms in total. The van der Waals surface area contributed by atoms with Gasteiger partial charge in [-0.05, 0) is 55.7 Å². The minimum absolute atomic E-state index is 0.0433. The molecule has 3 rings (SSSR count). The summed E-state index contributed by atoms with van der Waals surface area (Å²) in [6.07, 6.45) is 2.65. The molecular weight excluding hydrogens is 316 g/mol. The average molecular weight is 331 g/mol. The quantitative estimate of drug-likeness (QED) is 0.770. The van der Waals surface area contributed by atoms with E-state index in [-0.39, 0.29) is 5.78 Å². The Morgan fingerprint density at radius 3 is 2.50 bits per heavy atom. The Balaban J connectivity index is 1.84. The van der Waals surface area contributed by atoms with Crippen LogP contribution in [0.3, 0.4) is 0 Å². The summed E-state index contributed by atoms with van der Waals surface area (Å²) >= 11 is 3.46. The molecule has 1 saturated carbocycles. The van der Waals surface area contributed by atoms with Crippen LogP contribution in [0.15, 0.2) is 46.9 Å². The molecule has 20 heavy (non-hydrogen) atoms. The van der Waals surface area contributed by atoms with Crippen LogP contribution in [0.2, 0.25) is 0 Å². The molecule has 1 aliphatic carbocycles. The normalized spacial score (nSPS) is 14.1. The van der Waals surface area contributed by atoms with Crippen LogP contribution in [0.1, 0.15) is 34.3 Å². The van der Waals surface area contributed by atoms with Gasteiger partial charge in [-0.2, -0.15) is 0 Å². The molecule has 1 aliphatic rings. The summed E-state index contributed by atoms with van der Waals surface area (Å²) in [6.45, 7) is 1.95. The number of ketones is 1. The van der Waals surface area contributed by atoms with E-state index in [0.29, 0.717) is 11.7 Å². The highest BCUT2D eigenvalue weighted by atomic mass is 79.9. The predicted octanol–water partition coefficient (Wildman–Crippen LogP) is 4.53. The van der Waals surface area contributed by atoms with E-state index in [4.69, 9.17) is 4.74 Å². The second-order valence-electron chi connectivity index (χ2n) is 5.08. The van der Waals surface area contributed by atoms with Crippen LogP contribution < -0.4 is 4.74 Å². The second-order valence-corrected chi connectivity index (χ2v) is 5.94. The zero-order chi connectivity index (χ0) is 14.1. The van der Waals surface area contributed by atoms with E-state index in [1.165, 1.54) is 0 Å². The second kappa shape index (κ2) is 5.41. The van der Waals surface area contributed by atoms with E-state index in [1.54, 1.807) is 0 Å². The van der Waals surface area contributed by atoms with Crippen molar-refractivity contribution in [3.63, 3.8) is 0 Å². The van der Waals surface area contributed by atoms with E-state index in [9.17, 15) is 4.79 Å². The van der Waals surface area contributed by atoms with Gasteiger partial charge >= 0.3 is 0 Å².